The van der Waals surface area contributed by atoms with Crippen LogP contribution in [0.25, 0.3) is 0 Å². The van der Waals surface area contributed by atoms with Gasteiger partial charge >= 0.3 is 0 Å². The Labute approximate surface area is 114 Å². The number of rotatable bonds is 3. The highest BCUT2D eigenvalue weighted by Gasteiger charge is 2.28. The van der Waals surface area contributed by atoms with Gasteiger partial charge in [-0.1, -0.05) is 48.4 Å². The van der Waals surface area contributed by atoms with Crippen molar-refractivity contribution < 1.29 is 5.11 Å². The second kappa shape index (κ2) is 5.17. The van der Waals surface area contributed by atoms with E-state index in [1.807, 2.05) is 73.6 Å². The van der Waals surface area contributed by atoms with Gasteiger partial charge in [-0.15, -0.1) is 6.42 Å². The molecule has 2 nitrogen and oxygen atoms in total. The average molecular weight is 251 g/mol. The lowest BCUT2D eigenvalue weighted by molar-refractivity contribution is 0.145. The summed E-state index contributed by atoms with van der Waals surface area (Å²) in [5.41, 5.74) is 1.09. The number of terminal acetylenes is 1. The van der Waals surface area contributed by atoms with Gasteiger partial charge in [-0.05, 0) is 12.1 Å². The van der Waals surface area contributed by atoms with Crippen LogP contribution in [0.5, 0.6) is 0 Å². The van der Waals surface area contributed by atoms with E-state index < -0.39 is 5.60 Å². The first-order valence-corrected chi connectivity index (χ1v) is 6.11. The lowest BCUT2D eigenvalue weighted by atomic mass is 9.87. The molecule has 0 unspecified atom stereocenters. The molecule has 0 amide bonds. The lowest BCUT2D eigenvalue weighted by Gasteiger charge is -2.24. The summed E-state index contributed by atoms with van der Waals surface area (Å²) in [6.45, 7) is 0. The topological polar surface area (TPSA) is 23.5 Å². The number of benzene rings is 2. The monoisotopic (exact) mass is 251 g/mol. The number of aliphatic hydroxyl groups is 1. The molecule has 2 rings (SSSR count). The summed E-state index contributed by atoms with van der Waals surface area (Å²) in [5, 5.41) is 10.7. The molecule has 2 heteroatoms. The van der Waals surface area contributed by atoms with Crippen LogP contribution in [-0.4, -0.2) is 19.2 Å². The van der Waals surface area contributed by atoms with Gasteiger partial charge in [0.2, 0.25) is 0 Å². The number of hydrogen-bond donors (Lipinski definition) is 1. The third kappa shape index (κ3) is 2.47. The molecule has 0 radical (unpaired) electrons. The fraction of sp³-hybridized carbons (Fsp3) is 0.176. The summed E-state index contributed by atoms with van der Waals surface area (Å²) >= 11 is 0. The van der Waals surface area contributed by atoms with Crippen molar-refractivity contribution in [3.8, 4) is 12.3 Å². The Hall–Kier alpha value is -2.24. The highest BCUT2D eigenvalue weighted by molar-refractivity contribution is 5.51. The van der Waals surface area contributed by atoms with E-state index in [0.717, 1.165) is 5.69 Å². The predicted molar refractivity (Wildman–Crippen MR) is 79.0 cm³/mol. The second-order valence-electron chi connectivity index (χ2n) is 4.66. The van der Waals surface area contributed by atoms with Crippen molar-refractivity contribution in [3.63, 3.8) is 0 Å². The molecule has 0 aromatic heterocycles. The van der Waals surface area contributed by atoms with Crippen LogP contribution >= 0.6 is 0 Å². The normalized spacial score (nSPS) is 13.4. The molecule has 0 spiro atoms. The highest BCUT2D eigenvalue weighted by atomic mass is 16.3. The van der Waals surface area contributed by atoms with Crippen molar-refractivity contribution in [1.29, 1.82) is 0 Å². The Morgan fingerprint density at radius 3 is 1.95 bits per heavy atom. The molecular formula is C17H17NO. The SMILES string of the molecule is C#C[C@](O)(c1ccccc1)c1ccc(N(C)C)cc1. The molecule has 0 saturated heterocycles. The molecule has 0 fully saturated rings. The molecule has 0 bridgehead atoms. The minimum absolute atomic E-state index is 0.701. The van der Waals surface area contributed by atoms with E-state index in [9.17, 15) is 5.11 Å². The molecule has 2 aromatic carbocycles. The molecule has 19 heavy (non-hydrogen) atoms. The smallest absolute Gasteiger partial charge is 0.176 e. The van der Waals surface area contributed by atoms with Crippen LogP contribution in [0.2, 0.25) is 0 Å². The van der Waals surface area contributed by atoms with Crippen LogP contribution in [0.1, 0.15) is 11.1 Å². The Morgan fingerprint density at radius 1 is 0.947 bits per heavy atom. The van der Waals surface area contributed by atoms with Crippen molar-refractivity contribution in [3.05, 3.63) is 65.7 Å². The van der Waals surface area contributed by atoms with Gasteiger partial charge in [0, 0.05) is 30.9 Å². The molecular weight excluding hydrogens is 234 g/mol. The molecule has 0 aliphatic rings. The number of anilines is 1. The van der Waals surface area contributed by atoms with E-state index in [2.05, 4.69) is 5.92 Å². The standard InChI is InChI=1S/C17H17NO/c1-4-17(19,14-8-6-5-7-9-14)15-10-12-16(13-11-15)18(2)3/h1,5-13,19H,2-3H3/t17-/m0/s1. The summed E-state index contributed by atoms with van der Waals surface area (Å²) in [7, 11) is 3.94. The van der Waals surface area contributed by atoms with Crippen LogP contribution in [0.3, 0.4) is 0 Å². The van der Waals surface area contributed by atoms with E-state index in [1.54, 1.807) is 0 Å². The summed E-state index contributed by atoms with van der Waals surface area (Å²) in [6.07, 6.45) is 5.56. The van der Waals surface area contributed by atoms with Gasteiger partial charge in [-0.25, -0.2) is 0 Å². The zero-order valence-electron chi connectivity index (χ0n) is 11.2. The molecule has 0 saturated carbocycles. The van der Waals surface area contributed by atoms with Gasteiger partial charge in [-0.2, -0.15) is 0 Å². The zero-order valence-corrected chi connectivity index (χ0v) is 11.2. The second-order valence-corrected chi connectivity index (χ2v) is 4.66. The van der Waals surface area contributed by atoms with Crippen molar-refractivity contribution in [2.24, 2.45) is 0 Å². The number of hydrogen-bond acceptors (Lipinski definition) is 2. The molecule has 96 valence electrons. The van der Waals surface area contributed by atoms with Crippen LogP contribution in [0.4, 0.5) is 5.69 Å². The van der Waals surface area contributed by atoms with E-state index in [4.69, 9.17) is 6.42 Å². The lowest BCUT2D eigenvalue weighted by Crippen LogP contribution is -2.25. The van der Waals surface area contributed by atoms with Gasteiger partial charge in [0.1, 0.15) is 0 Å². The molecule has 0 aliphatic carbocycles. The minimum atomic E-state index is -1.38. The van der Waals surface area contributed by atoms with E-state index >= 15 is 0 Å². The van der Waals surface area contributed by atoms with Crippen molar-refractivity contribution in [2.75, 3.05) is 19.0 Å². The first-order valence-electron chi connectivity index (χ1n) is 6.11. The van der Waals surface area contributed by atoms with Crippen molar-refractivity contribution in [1.82, 2.24) is 0 Å². The number of nitrogens with zero attached hydrogens (tertiary/aromatic N) is 1. The van der Waals surface area contributed by atoms with Crippen LogP contribution in [-0.2, 0) is 5.60 Å². The van der Waals surface area contributed by atoms with Gasteiger partial charge in [0.25, 0.3) is 0 Å². The highest BCUT2D eigenvalue weighted by Crippen LogP contribution is 2.29. The van der Waals surface area contributed by atoms with E-state index in [-0.39, 0.29) is 0 Å². The van der Waals surface area contributed by atoms with Crippen LogP contribution in [0, 0.1) is 12.3 Å². The first-order chi connectivity index (χ1) is 9.08. The minimum Gasteiger partial charge on any atom is -0.378 e. The third-order valence-corrected chi connectivity index (χ3v) is 3.20. The summed E-state index contributed by atoms with van der Waals surface area (Å²) in [6, 6.07) is 16.9. The first kappa shape index (κ1) is 13.2. The fourth-order valence-electron chi connectivity index (χ4n) is 2.01. The maximum Gasteiger partial charge on any atom is 0.176 e. The quantitative estimate of drug-likeness (QED) is 0.848. The molecule has 0 heterocycles. The Bertz CT molecular complexity index is 581. The summed E-state index contributed by atoms with van der Waals surface area (Å²) in [4.78, 5) is 2.00. The molecule has 0 aliphatic heterocycles. The fourth-order valence-corrected chi connectivity index (χ4v) is 2.01. The van der Waals surface area contributed by atoms with Gasteiger partial charge in [0.15, 0.2) is 5.60 Å². The Balaban J connectivity index is 2.45. The molecule has 2 aromatic rings. The molecule has 1 atom stereocenters. The zero-order chi connectivity index (χ0) is 13.9. The average Bonchev–Trinajstić information content (AvgIpc) is 2.47. The van der Waals surface area contributed by atoms with Crippen LogP contribution in [0.15, 0.2) is 54.6 Å². The van der Waals surface area contributed by atoms with Gasteiger partial charge in [0.05, 0.1) is 0 Å². The van der Waals surface area contributed by atoms with Gasteiger partial charge < -0.3 is 10.0 Å². The van der Waals surface area contributed by atoms with E-state index in [1.165, 1.54) is 0 Å². The summed E-state index contributed by atoms with van der Waals surface area (Å²) < 4.78 is 0. The maximum atomic E-state index is 10.7. The molecule has 1 N–H and O–H groups in total. The van der Waals surface area contributed by atoms with Crippen molar-refractivity contribution >= 4 is 5.69 Å². The Morgan fingerprint density at radius 2 is 1.47 bits per heavy atom. The maximum absolute atomic E-state index is 10.7. The van der Waals surface area contributed by atoms with Crippen LogP contribution < -0.4 is 4.90 Å². The predicted octanol–water partition coefficient (Wildman–Crippen LogP) is 2.62. The Kier molecular flexibility index (Phi) is 3.59. The van der Waals surface area contributed by atoms with Gasteiger partial charge in [-0.3, -0.25) is 0 Å². The summed E-state index contributed by atoms with van der Waals surface area (Å²) in [5.74, 6) is 2.50. The third-order valence-electron chi connectivity index (χ3n) is 3.20. The van der Waals surface area contributed by atoms with Crippen molar-refractivity contribution in [2.45, 2.75) is 5.60 Å². The largest absolute Gasteiger partial charge is 0.378 e. The van der Waals surface area contributed by atoms with E-state index in [0.29, 0.717) is 11.1 Å².